The molecule has 0 spiro atoms. The van der Waals surface area contributed by atoms with Crippen LogP contribution in [0.1, 0.15) is 25.1 Å². The van der Waals surface area contributed by atoms with Gasteiger partial charge in [0.25, 0.3) is 6.43 Å². The molecule has 36 heavy (non-hydrogen) atoms. The highest BCUT2D eigenvalue weighted by molar-refractivity contribution is 5.78. The lowest BCUT2D eigenvalue weighted by Gasteiger charge is -2.36. The second-order valence-electron chi connectivity index (χ2n) is 8.84. The van der Waals surface area contributed by atoms with E-state index in [1.165, 1.54) is 4.57 Å². The van der Waals surface area contributed by atoms with Gasteiger partial charge in [-0.3, -0.25) is 9.36 Å². The number of ether oxygens (including phenoxy) is 1. The Morgan fingerprint density at radius 1 is 0.972 bits per heavy atom. The van der Waals surface area contributed by atoms with E-state index >= 15 is 0 Å². The van der Waals surface area contributed by atoms with E-state index in [1.807, 2.05) is 11.0 Å². The quantitative estimate of drug-likeness (QED) is 0.525. The van der Waals surface area contributed by atoms with E-state index in [0.717, 1.165) is 0 Å². The summed E-state index contributed by atoms with van der Waals surface area (Å²) in [6.07, 6.45) is -1.68. The summed E-state index contributed by atoms with van der Waals surface area (Å²) in [6, 6.07) is 8.88. The molecular formula is C24H30F2N8O2. The van der Waals surface area contributed by atoms with Crippen LogP contribution in [0.5, 0.6) is 0 Å². The monoisotopic (exact) mass is 500 g/mol. The Morgan fingerprint density at radius 3 is 2.31 bits per heavy atom. The van der Waals surface area contributed by atoms with E-state index < -0.39 is 12.2 Å². The first kappa shape index (κ1) is 24.3. The number of alkyl halides is 2. The molecule has 0 radical (unpaired) electrons. The molecule has 2 aliphatic rings. The molecule has 0 aliphatic carbocycles. The number of halogens is 2. The fourth-order valence-corrected chi connectivity index (χ4v) is 4.62. The number of fused-ring (bicyclic) bond motifs is 1. The van der Waals surface area contributed by atoms with Crippen LogP contribution < -0.4 is 15.5 Å². The number of carbonyl (C=O) groups is 1. The molecule has 0 bridgehead atoms. The fourth-order valence-electron chi connectivity index (χ4n) is 4.62. The van der Waals surface area contributed by atoms with Gasteiger partial charge >= 0.3 is 0 Å². The molecule has 2 fully saturated rings. The van der Waals surface area contributed by atoms with Crippen LogP contribution in [0.4, 0.5) is 20.4 Å². The van der Waals surface area contributed by atoms with Crippen LogP contribution >= 0.6 is 0 Å². The van der Waals surface area contributed by atoms with E-state index in [2.05, 4.69) is 14.8 Å². The minimum atomic E-state index is -2.79. The molecule has 2 aliphatic heterocycles. The number of benzene rings is 1. The predicted molar refractivity (Wildman–Crippen MR) is 132 cm³/mol. The van der Waals surface area contributed by atoms with Crippen molar-refractivity contribution in [1.82, 2.24) is 24.4 Å². The Labute approximate surface area is 207 Å². The Hall–Kier alpha value is -3.38. The molecule has 4 heterocycles. The zero-order valence-electron chi connectivity index (χ0n) is 20.0. The number of aromatic nitrogens is 4. The van der Waals surface area contributed by atoms with Crippen molar-refractivity contribution < 1.29 is 18.3 Å². The van der Waals surface area contributed by atoms with Crippen LogP contribution in [0.2, 0.25) is 0 Å². The molecule has 2 aromatic heterocycles. The summed E-state index contributed by atoms with van der Waals surface area (Å²) < 4.78 is 34.9. The predicted octanol–water partition coefficient (Wildman–Crippen LogP) is 1.98. The molecular weight excluding hydrogens is 470 g/mol. The summed E-state index contributed by atoms with van der Waals surface area (Å²) in [5.41, 5.74) is 6.52. The van der Waals surface area contributed by atoms with Crippen LogP contribution in [0.15, 0.2) is 30.3 Å². The van der Waals surface area contributed by atoms with Gasteiger partial charge in [-0.1, -0.05) is 12.1 Å². The summed E-state index contributed by atoms with van der Waals surface area (Å²) in [5.74, 6) is 1.14. The highest BCUT2D eigenvalue weighted by Crippen LogP contribution is 2.29. The number of morpholine rings is 1. The van der Waals surface area contributed by atoms with Crippen LogP contribution in [0.3, 0.4) is 0 Å². The molecule has 2 N–H and O–H groups in total. The molecule has 10 nitrogen and oxygen atoms in total. The van der Waals surface area contributed by atoms with E-state index in [0.29, 0.717) is 94.5 Å². The van der Waals surface area contributed by atoms with Crippen LogP contribution in [0, 0.1) is 0 Å². The van der Waals surface area contributed by atoms with Gasteiger partial charge in [0.1, 0.15) is 11.6 Å². The van der Waals surface area contributed by atoms with Crippen molar-refractivity contribution in [3.63, 3.8) is 0 Å². The Bertz CT molecular complexity index is 1210. The summed E-state index contributed by atoms with van der Waals surface area (Å²) in [7, 11) is 0. The summed E-state index contributed by atoms with van der Waals surface area (Å²) in [5, 5.41) is 0. The average Bonchev–Trinajstić information content (AvgIpc) is 3.32. The maximum atomic E-state index is 14.0. The molecule has 12 heteroatoms. The van der Waals surface area contributed by atoms with E-state index in [4.69, 9.17) is 20.4 Å². The number of nitrogens with two attached hydrogens (primary N) is 1. The number of nitrogens with zero attached hydrogens (tertiary/aromatic N) is 7. The van der Waals surface area contributed by atoms with E-state index in [9.17, 15) is 13.6 Å². The molecule has 3 aromatic rings. The molecule has 2 saturated heterocycles. The van der Waals surface area contributed by atoms with Gasteiger partial charge in [-0.25, -0.2) is 13.8 Å². The smallest absolute Gasteiger partial charge is 0.296 e. The normalized spacial score (nSPS) is 16.8. The van der Waals surface area contributed by atoms with Gasteiger partial charge in [-0.2, -0.15) is 9.97 Å². The van der Waals surface area contributed by atoms with Gasteiger partial charge in [0, 0.05) is 51.8 Å². The SMILES string of the molecule is NCCCC(=O)N1CCN(c2cc(N3CCOCC3)nc(-n3c(C(F)F)nc4ccccc43)n2)CC1. The first-order valence-corrected chi connectivity index (χ1v) is 12.3. The third-order valence-corrected chi connectivity index (χ3v) is 6.56. The lowest BCUT2D eigenvalue weighted by Crippen LogP contribution is -2.49. The molecule has 1 amide bonds. The van der Waals surface area contributed by atoms with Gasteiger partial charge in [0.05, 0.1) is 24.2 Å². The number of para-hydroxylation sites is 2. The van der Waals surface area contributed by atoms with E-state index in [1.54, 1.807) is 24.3 Å². The first-order chi connectivity index (χ1) is 17.5. The van der Waals surface area contributed by atoms with Gasteiger partial charge in [0.15, 0.2) is 5.82 Å². The lowest BCUT2D eigenvalue weighted by molar-refractivity contribution is -0.131. The van der Waals surface area contributed by atoms with Crippen LogP contribution in [-0.4, -0.2) is 89.4 Å². The third-order valence-electron chi connectivity index (χ3n) is 6.56. The maximum Gasteiger partial charge on any atom is 0.296 e. The van der Waals surface area contributed by atoms with Gasteiger partial charge in [-0.15, -0.1) is 0 Å². The highest BCUT2D eigenvalue weighted by atomic mass is 19.3. The molecule has 192 valence electrons. The van der Waals surface area contributed by atoms with Crippen LogP contribution in [0.25, 0.3) is 17.0 Å². The largest absolute Gasteiger partial charge is 0.378 e. The summed E-state index contributed by atoms with van der Waals surface area (Å²) in [4.78, 5) is 32.0. The van der Waals surface area contributed by atoms with Crippen molar-refractivity contribution in [3.8, 4) is 5.95 Å². The molecule has 5 rings (SSSR count). The second kappa shape index (κ2) is 10.7. The van der Waals surface area contributed by atoms with Crippen molar-refractivity contribution in [3.05, 3.63) is 36.2 Å². The molecule has 0 saturated carbocycles. The van der Waals surface area contributed by atoms with Gasteiger partial charge in [0.2, 0.25) is 11.9 Å². The minimum Gasteiger partial charge on any atom is -0.378 e. The molecule has 0 atom stereocenters. The number of hydrogen-bond donors (Lipinski definition) is 1. The number of carbonyl (C=O) groups excluding carboxylic acids is 1. The zero-order chi connectivity index (χ0) is 25.1. The number of amides is 1. The number of hydrogen-bond acceptors (Lipinski definition) is 8. The van der Waals surface area contributed by atoms with Crippen molar-refractivity contribution in [2.24, 2.45) is 5.73 Å². The average molecular weight is 501 g/mol. The Morgan fingerprint density at radius 2 is 1.64 bits per heavy atom. The summed E-state index contributed by atoms with van der Waals surface area (Å²) in [6.45, 7) is 5.20. The number of rotatable bonds is 7. The zero-order valence-corrected chi connectivity index (χ0v) is 20.0. The van der Waals surface area contributed by atoms with Crippen molar-refractivity contribution in [1.29, 1.82) is 0 Å². The van der Waals surface area contributed by atoms with Crippen molar-refractivity contribution in [2.45, 2.75) is 19.3 Å². The number of anilines is 2. The molecule has 1 aromatic carbocycles. The standard InChI is InChI=1S/C24H30F2N8O2/c25-22(26)23-28-17-4-1-2-5-18(17)34(23)24-29-19(16-20(30-24)32-12-14-36-15-13-32)31-8-10-33(11-9-31)21(35)6-3-7-27/h1-2,4-5,16,22H,3,6-15,27H2. The maximum absolute atomic E-state index is 14.0. The molecule has 0 unspecified atom stereocenters. The topological polar surface area (TPSA) is 106 Å². The van der Waals surface area contributed by atoms with Crippen LogP contribution in [-0.2, 0) is 9.53 Å². The van der Waals surface area contributed by atoms with Crippen molar-refractivity contribution >= 4 is 28.6 Å². The lowest BCUT2D eigenvalue weighted by atomic mass is 10.2. The summed E-state index contributed by atoms with van der Waals surface area (Å²) >= 11 is 0. The van der Waals surface area contributed by atoms with Gasteiger partial charge in [-0.05, 0) is 25.1 Å². The first-order valence-electron chi connectivity index (χ1n) is 12.3. The van der Waals surface area contributed by atoms with Gasteiger partial charge < -0.3 is 25.2 Å². The fraction of sp³-hybridized carbons (Fsp3) is 0.500. The Kier molecular flexibility index (Phi) is 7.23. The number of piperazine rings is 1. The number of imidazole rings is 1. The highest BCUT2D eigenvalue weighted by Gasteiger charge is 2.26. The van der Waals surface area contributed by atoms with E-state index in [-0.39, 0.29) is 11.9 Å². The minimum absolute atomic E-state index is 0.101. The van der Waals surface area contributed by atoms with Crippen molar-refractivity contribution in [2.75, 3.05) is 68.8 Å². The third kappa shape index (κ3) is 4.96. The Balaban J connectivity index is 1.51. The second-order valence-corrected chi connectivity index (χ2v) is 8.84.